The van der Waals surface area contributed by atoms with Crippen molar-refractivity contribution in [2.75, 3.05) is 25.1 Å². The molecular formula is C16H28N2O. The molecule has 108 valence electrons. The molecule has 0 aromatic heterocycles. The van der Waals surface area contributed by atoms with E-state index in [1.807, 2.05) is 7.05 Å². The highest BCUT2D eigenvalue weighted by atomic mass is 16.3. The molecule has 1 aromatic carbocycles. The van der Waals surface area contributed by atoms with E-state index in [0.717, 1.165) is 12.8 Å². The van der Waals surface area contributed by atoms with Gasteiger partial charge in [0.15, 0.2) is 0 Å². The second kappa shape index (κ2) is 8.18. The lowest BCUT2D eigenvalue weighted by molar-refractivity contribution is 0.296. The largest absolute Gasteiger partial charge is 0.395 e. The number of hydrogen-bond acceptors (Lipinski definition) is 3. The van der Waals surface area contributed by atoms with Crippen molar-refractivity contribution in [2.45, 2.75) is 45.7 Å². The van der Waals surface area contributed by atoms with E-state index in [1.165, 1.54) is 11.3 Å². The van der Waals surface area contributed by atoms with Crippen LogP contribution in [-0.2, 0) is 0 Å². The van der Waals surface area contributed by atoms with E-state index in [0.29, 0.717) is 18.6 Å². The third kappa shape index (κ3) is 4.22. The minimum Gasteiger partial charge on any atom is -0.395 e. The Balaban J connectivity index is 2.90. The minimum atomic E-state index is 0.200. The summed E-state index contributed by atoms with van der Waals surface area (Å²) in [5.74, 6) is 0. The Morgan fingerprint density at radius 3 is 2.16 bits per heavy atom. The van der Waals surface area contributed by atoms with Gasteiger partial charge in [-0.1, -0.05) is 26.0 Å². The molecule has 0 heterocycles. The zero-order valence-corrected chi connectivity index (χ0v) is 12.7. The van der Waals surface area contributed by atoms with Crippen LogP contribution in [0.2, 0.25) is 0 Å². The first-order chi connectivity index (χ1) is 9.17. The van der Waals surface area contributed by atoms with Crippen LogP contribution in [0.4, 0.5) is 5.69 Å². The molecule has 0 saturated heterocycles. The number of rotatable bonds is 8. The Kier molecular flexibility index (Phi) is 6.89. The third-order valence-corrected chi connectivity index (χ3v) is 3.88. The number of nitrogens with one attached hydrogen (secondary N) is 1. The van der Waals surface area contributed by atoms with Crippen molar-refractivity contribution >= 4 is 5.69 Å². The van der Waals surface area contributed by atoms with Crippen molar-refractivity contribution in [3.8, 4) is 0 Å². The van der Waals surface area contributed by atoms with E-state index in [-0.39, 0.29) is 6.61 Å². The van der Waals surface area contributed by atoms with Crippen molar-refractivity contribution in [3.63, 3.8) is 0 Å². The first kappa shape index (κ1) is 16.0. The Morgan fingerprint density at radius 2 is 1.74 bits per heavy atom. The van der Waals surface area contributed by atoms with Crippen LogP contribution >= 0.6 is 0 Å². The molecule has 1 unspecified atom stereocenters. The summed E-state index contributed by atoms with van der Waals surface area (Å²) in [6, 6.07) is 9.54. The van der Waals surface area contributed by atoms with Gasteiger partial charge in [0.25, 0.3) is 0 Å². The summed E-state index contributed by atoms with van der Waals surface area (Å²) in [7, 11) is 1.97. The van der Waals surface area contributed by atoms with Crippen LogP contribution in [-0.4, -0.2) is 31.3 Å². The minimum absolute atomic E-state index is 0.200. The highest BCUT2D eigenvalue weighted by Gasteiger charge is 2.15. The summed E-state index contributed by atoms with van der Waals surface area (Å²) in [5, 5.41) is 12.5. The Labute approximate surface area is 117 Å². The molecule has 0 spiro atoms. The standard InChI is InChI=1S/C16H28N2O/c1-5-15(6-2)18(11-12-19)16-9-7-14(8-10-16)13(3)17-4/h7-10,13,15,17,19H,5-6,11-12H2,1-4H3. The average Bonchev–Trinajstić information content (AvgIpc) is 2.47. The van der Waals surface area contributed by atoms with Gasteiger partial charge in [0, 0.05) is 24.3 Å². The van der Waals surface area contributed by atoms with E-state index in [1.54, 1.807) is 0 Å². The van der Waals surface area contributed by atoms with Gasteiger partial charge in [0.05, 0.1) is 6.61 Å². The topological polar surface area (TPSA) is 35.5 Å². The van der Waals surface area contributed by atoms with Crippen LogP contribution in [0.5, 0.6) is 0 Å². The fraction of sp³-hybridized carbons (Fsp3) is 0.625. The first-order valence-electron chi connectivity index (χ1n) is 7.32. The summed E-state index contributed by atoms with van der Waals surface area (Å²) in [6.45, 7) is 7.46. The van der Waals surface area contributed by atoms with Gasteiger partial charge < -0.3 is 15.3 Å². The predicted octanol–water partition coefficient (Wildman–Crippen LogP) is 2.95. The van der Waals surface area contributed by atoms with Gasteiger partial charge in [-0.2, -0.15) is 0 Å². The first-order valence-corrected chi connectivity index (χ1v) is 7.32. The van der Waals surface area contributed by atoms with E-state index in [4.69, 9.17) is 0 Å². The number of anilines is 1. The van der Waals surface area contributed by atoms with Crippen LogP contribution in [0.1, 0.15) is 45.2 Å². The monoisotopic (exact) mass is 264 g/mol. The van der Waals surface area contributed by atoms with Gasteiger partial charge in [-0.3, -0.25) is 0 Å². The molecule has 3 nitrogen and oxygen atoms in total. The molecule has 3 heteroatoms. The predicted molar refractivity (Wildman–Crippen MR) is 82.7 cm³/mol. The smallest absolute Gasteiger partial charge is 0.0606 e. The molecule has 0 aliphatic rings. The van der Waals surface area contributed by atoms with E-state index >= 15 is 0 Å². The second-order valence-electron chi connectivity index (χ2n) is 4.99. The van der Waals surface area contributed by atoms with Gasteiger partial charge in [-0.05, 0) is 44.5 Å². The number of aliphatic hydroxyl groups excluding tert-OH is 1. The lowest BCUT2D eigenvalue weighted by atomic mass is 10.1. The summed E-state index contributed by atoms with van der Waals surface area (Å²) in [6.07, 6.45) is 2.20. The number of nitrogens with zero attached hydrogens (tertiary/aromatic N) is 1. The Hall–Kier alpha value is -1.06. The highest BCUT2D eigenvalue weighted by Crippen LogP contribution is 2.22. The zero-order valence-electron chi connectivity index (χ0n) is 12.7. The summed E-state index contributed by atoms with van der Waals surface area (Å²) in [5.41, 5.74) is 2.49. The molecule has 0 bridgehead atoms. The average molecular weight is 264 g/mol. The molecule has 0 aliphatic heterocycles. The van der Waals surface area contributed by atoms with Crippen LogP contribution in [0.25, 0.3) is 0 Å². The van der Waals surface area contributed by atoms with Crippen LogP contribution in [0, 0.1) is 0 Å². The van der Waals surface area contributed by atoms with Gasteiger partial charge >= 0.3 is 0 Å². The van der Waals surface area contributed by atoms with E-state index in [2.05, 4.69) is 55.3 Å². The molecular weight excluding hydrogens is 236 g/mol. The van der Waals surface area contributed by atoms with Crippen molar-refractivity contribution in [2.24, 2.45) is 0 Å². The maximum atomic E-state index is 9.27. The van der Waals surface area contributed by atoms with Gasteiger partial charge in [0.1, 0.15) is 0 Å². The number of hydrogen-bond donors (Lipinski definition) is 2. The van der Waals surface area contributed by atoms with Crippen LogP contribution in [0.3, 0.4) is 0 Å². The maximum Gasteiger partial charge on any atom is 0.0606 e. The van der Waals surface area contributed by atoms with Crippen molar-refractivity contribution in [1.29, 1.82) is 0 Å². The van der Waals surface area contributed by atoms with Crippen LogP contribution < -0.4 is 10.2 Å². The number of aliphatic hydroxyl groups is 1. The third-order valence-electron chi connectivity index (χ3n) is 3.88. The molecule has 1 atom stereocenters. The van der Waals surface area contributed by atoms with Crippen molar-refractivity contribution < 1.29 is 5.11 Å². The van der Waals surface area contributed by atoms with Gasteiger partial charge in [0.2, 0.25) is 0 Å². The Morgan fingerprint density at radius 1 is 1.16 bits per heavy atom. The number of benzene rings is 1. The molecule has 0 amide bonds. The SMILES string of the molecule is CCC(CC)N(CCO)c1ccc(C(C)NC)cc1. The molecule has 0 aliphatic carbocycles. The summed E-state index contributed by atoms with van der Waals surface area (Å²) >= 11 is 0. The highest BCUT2D eigenvalue weighted by molar-refractivity contribution is 5.49. The fourth-order valence-electron chi connectivity index (χ4n) is 2.48. The fourth-order valence-corrected chi connectivity index (χ4v) is 2.48. The summed E-state index contributed by atoms with van der Waals surface area (Å²) in [4.78, 5) is 2.31. The van der Waals surface area contributed by atoms with Crippen molar-refractivity contribution in [3.05, 3.63) is 29.8 Å². The van der Waals surface area contributed by atoms with Gasteiger partial charge in [-0.15, -0.1) is 0 Å². The Bertz CT molecular complexity index is 346. The quantitative estimate of drug-likeness (QED) is 0.758. The molecule has 1 aromatic rings. The molecule has 19 heavy (non-hydrogen) atoms. The lowest BCUT2D eigenvalue weighted by Gasteiger charge is -2.32. The zero-order chi connectivity index (χ0) is 14.3. The lowest BCUT2D eigenvalue weighted by Crippen LogP contribution is -2.36. The van der Waals surface area contributed by atoms with Crippen LogP contribution in [0.15, 0.2) is 24.3 Å². The molecule has 1 rings (SSSR count). The molecule has 0 radical (unpaired) electrons. The normalized spacial score (nSPS) is 12.7. The molecule has 0 saturated carbocycles. The van der Waals surface area contributed by atoms with Gasteiger partial charge in [-0.25, -0.2) is 0 Å². The second-order valence-corrected chi connectivity index (χ2v) is 4.99. The summed E-state index contributed by atoms with van der Waals surface area (Å²) < 4.78 is 0. The molecule has 2 N–H and O–H groups in total. The van der Waals surface area contributed by atoms with E-state index < -0.39 is 0 Å². The molecule has 0 fully saturated rings. The van der Waals surface area contributed by atoms with E-state index in [9.17, 15) is 5.11 Å². The van der Waals surface area contributed by atoms with Crippen molar-refractivity contribution in [1.82, 2.24) is 5.32 Å². The maximum absolute atomic E-state index is 9.27.